The van der Waals surface area contributed by atoms with Crippen LogP contribution in [0.1, 0.15) is 40.5 Å². The Bertz CT molecular complexity index is 662. The van der Waals surface area contributed by atoms with E-state index in [1.807, 2.05) is 5.38 Å². The molecule has 3 atom stereocenters. The largest absolute Gasteiger partial charge is 0.478 e. The summed E-state index contributed by atoms with van der Waals surface area (Å²) in [5, 5.41) is 11.9. The molecule has 0 radical (unpaired) electrons. The van der Waals surface area contributed by atoms with Gasteiger partial charge in [-0.1, -0.05) is 0 Å². The molecule has 0 aromatic carbocycles. The molecule has 20 heavy (non-hydrogen) atoms. The number of furan rings is 1. The van der Waals surface area contributed by atoms with Gasteiger partial charge in [-0.2, -0.15) is 0 Å². The van der Waals surface area contributed by atoms with Crippen molar-refractivity contribution in [3.05, 3.63) is 28.3 Å². The van der Waals surface area contributed by atoms with Crippen molar-refractivity contribution in [2.24, 2.45) is 0 Å². The van der Waals surface area contributed by atoms with E-state index in [0.717, 1.165) is 17.8 Å². The first-order valence-electron chi connectivity index (χ1n) is 6.64. The van der Waals surface area contributed by atoms with Crippen LogP contribution >= 0.6 is 11.3 Å². The molecule has 2 bridgehead atoms. The van der Waals surface area contributed by atoms with Gasteiger partial charge in [0, 0.05) is 17.4 Å². The van der Waals surface area contributed by atoms with E-state index in [9.17, 15) is 4.79 Å². The number of carboxylic acids is 1. The minimum atomic E-state index is -0.989. The zero-order valence-corrected chi connectivity index (χ0v) is 11.4. The molecule has 2 aliphatic rings. The number of carbonyl (C=O) groups is 1. The van der Waals surface area contributed by atoms with E-state index in [0.29, 0.717) is 29.6 Å². The maximum Gasteiger partial charge on any atom is 0.338 e. The van der Waals surface area contributed by atoms with Crippen LogP contribution in [0.25, 0.3) is 11.5 Å². The highest BCUT2D eigenvalue weighted by Gasteiger charge is 2.42. The van der Waals surface area contributed by atoms with Crippen molar-refractivity contribution in [1.82, 2.24) is 4.98 Å². The topological polar surface area (TPSA) is 72.6 Å². The number of aromatic nitrogens is 1. The lowest BCUT2D eigenvalue weighted by Crippen LogP contribution is -2.13. The third-order valence-electron chi connectivity index (χ3n) is 4.04. The molecule has 4 heterocycles. The van der Waals surface area contributed by atoms with E-state index in [1.165, 1.54) is 18.8 Å². The Morgan fingerprint density at radius 3 is 3.00 bits per heavy atom. The summed E-state index contributed by atoms with van der Waals surface area (Å²) in [4.78, 5) is 15.5. The zero-order valence-electron chi connectivity index (χ0n) is 10.6. The normalized spacial score (nSPS) is 28.1. The fourth-order valence-corrected chi connectivity index (χ4v) is 4.03. The maximum atomic E-state index is 10.9. The lowest BCUT2D eigenvalue weighted by atomic mass is 9.90. The Balaban J connectivity index is 1.60. The van der Waals surface area contributed by atoms with Crippen molar-refractivity contribution >= 4 is 17.3 Å². The molecule has 0 spiro atoms. The third kappa shape index (κ3) is 1.87. The van der Waals surface area contributed by atoms with Crippen molar-refractivity contribution in [2.45, 2.75) is 37.4 Å². The van der Waals surface area contributed by atoms with E-state index in [1.54, 1.807) is 11.3 Å². The molecule has 2 saturated heterocycles. The average Bonchev–Trinajstić information content (AvgIpc) is 3.20. The van der Waals surface area contributed by atoms with Gasteiger partial charge >= 0.3 is 5.97 Å². The molecule has 6 heteroatoms. The predicted octanol–water partition coefficient (Wildman–Crippen LogP) is 3.14. The predicted molar refractivity (Wildman–Crippen MR) is 72.0 cm³/mol. The van der Waals surface area contributed by atoms with E-state index >= 15 is 0 Å². The van der Waals surface area contributed by atoms with Crippen LogP contribution in [0.5, 0.6) is 0 Å². The van der Waals surface area contributed by atoms with Crippen molar-refractivity contribution in [2.75, 3.05) is 0 Å². The Morgan fingerprint density at radius 2 is 2.35 bits per heavy atom. The number of fused-ring (bicyclic) bond motifs is 2. The highest BCUT2D eigenvalue weighted by Crippen LogP contribution is 2.45. The summed E-state index contributed by atoms with van der Waals surface area (Å²) in [7, 11) is 0. The molecule has 3 unspecified atom stereocenters. The Hall–Kier alpha value is -1.66. The van der Waals surface area contributed by atoms with Crippen LogP contribution in [0, 0.1) is 0 Å². The number of rotatable bonds is 3. The van der Waals surface area contributed by atoms with Crippen LogP contribution in [0.3, 0.4) is 0 Å². The number of carboxylic acid groups (broad SMARTS) is 1. The van der Waals surface area contributed by atoms with Gasteiger partial charge in [-0.25, -0.2) is 9.78 Å². The quantitative estimate of drug-likeness (QED) is 0.940. The number of hydrogen-bond donors (Lipinski definition) is 1. The first kappa shape index (κ1) is 12.1. The zero-order chi connectivity index (χ0) is 13.7. The summed E-state index contributed by atoms with van der Waals surface area (Å²) in [6.45, 7) is 0. The fourth-order valence-electron chi connectivity index (χ4n) is 3.05. The van der Waals surface area contributed by atoms with Gasteiger partial charge in [0.15, 0.2) is 5.76 Å². The SMILES string of the molecule is O=C(O)c1coc(-c2csc(C3CC4CCC3O4)n2)c1. The van der Waals surface area contributed by atoms with Crippen LogP contribution in [0.15, 0.2) is 22.1 Å². The van der Waals surface area contributed by atoms with Gasteiger partial charge in [0.25, 0.3) is 0 Å². The smallest absolute Gasteiger partial charge is 0.338 e. The minimum Gasteiger partial charge on any atom is -0.478 e. The average molecular weight is 291 g/mol. The molecule has 5 nitrogen and oxygen atoms in total. The standard InChI is InChI=1S/C14H13NO4S/c16-14(17)7-3-12(18-5-7)10-6-20-13(15-10)9-4-8-1-2-11(9)19-8/h3,5-6,8-9,11H,1-2,4H2,(H,16,17). The van der Waals surface area contributed by atoms with Gasteiger partial charge in [0.2, 0.25) is 0 Å². The molecule has 2 fully saturated rings. The number of hydrogen-bond acceptors (Lipinski definition) is 5. The summed E-state index contributed by atoms with van der Waals surface area (Å²) in [5.41, 5.74) is 0.859. The summed E-state index contributed by atoms with van der Waals surface area (Å²) in [6.07, 6.45) is 5.30. The van der Waals surface area contributed by atoms with Crippen LogP contribution in [-0.2, 0) is 4.74 Å². The van der Waals surface area contributed by atoms with Gasteiger partial charge in [0.05, 0.1) is 22.8 Å². The molecule has 2 aliphatic heterocycles. The monoisotopic (exact) mass is 291 g/mol. The summed E-state index contributed by atoms with van der Waals surface area (Å²) < 4.78 is 11.1. The Kier molecular flexibility index (Phi) is 2.68. The highest BCUT2D eigenvalue weighted by atomic mass is 32.1. The molecular formula is C14H13NO4S. The lowest BCUT2D eigenvalue weighted by Gasteiger charge is -2.15. The van der Waals surface area contributed by atoms with Gasteiger partial charge in [-0.05, 0) is 19.3 Å². The number of ether oxygens (including phenoxy) is 1. The van der Waals surface area contributed by atoms with Crippen molar-refractivity contribution in [1.29, 1.82) is 0 Å². The van der Waals surface area contributed by atoms with Crippen molar-refractivity contribution in [3.63, 3.8) is 0 Å². The van der Waals surface area contributed by atoms with Gasteiger partial charge in [-0.3, -0.25) is 0 Å². The second kappa shape index (κ2) is 4.43. The van der Waals surface area contributed by atoms with Gasteiger partial charge in [-0.15, -0.1) is 11.3 Å². The first-order valence-corrected chi connectivity index (χ1v) is 7.52. The third-order valence-corrected chi connectivity index (χ3v) is 5.02. The van der Waals surface area contributed by atoms with E-state index < -0.39 is 5.97 Å². The molecular weight excluding hydrogens is 278 g/mol. The van der Waals surface area contributed by atoms with E-state index in [2.05, 4.69) is 4.98 Å². The lowest BCUT2D eigenvalue weighted by molar-refractivity contribution is 0.0696. The number of thiazole rings is 1. The summed E-state index contributed by atoms with van der Waals surface area (Å²) >= 11 is 1.60. The second-order valence-corrected chi connectivity index (χ2v) is 6.18. The fraction of sp³-hybridized carbons (Fsp3) is 0.429. The van der Waals surface area contributed by atoms with Crippen LogP contribution in [-0.4, -0.2) is 28.3 Å². The highest BCUT2D eigenvalue weighted by molar-refractivity contribution is 7.10. The van der Waals surface area contributed by atoms with Gasteiger partial charge in [0.1, 0.15) is 12.0 Å². The number of aromatic carboxylic acids is 1. The Labute approximate surface area is 119 Å². The minimum absolute atomic E-state index is 0.151. The molecule has 0 saturated carbocycles. The van der Waals surface area contributed by atoms with E-state index in [-0.39, 0.29) is 5.56 Å². The van der Waals surface area contributed by atoms with Crippen molar-refractivity contribution < 1.29 is 19.1 Å². The van der Waals surface area contributed by atoms with Crippen molar-refractivity contribution in [3.8, 4) is 11.5 Å². The second-order valence-electron chi connectivity index (χ2n) is 5.29. The molecule has 1 N–H and O–H groups in total. The first-order chi connectivity index (χ1) is 9.70. The molecule has 0 aliphatic carbocycles. The maximum absolute atomic E-state index is 10.9. The summed E-state index contributed by atoms with van der Waals surface area (Å²) in [6, 6.07) is 1.51. The number of nitrogens with zero attached hydrogens (tertiary/aromatic N) is 1. The Morgan fingerprint density at radius 1 is 1.45 bits per heavy atom. The molecule has 2 aromatic heterocycles. The summed E-state index contributed by atoms with van der Waals surface area (Å²) in [5.74, 6) is -0.0904. The van der Waals surface area contributed by atoms with Crippen LogP contribution in [0.4, 0.5) is 0 Å². The van der Waals surface area contributed by atoms with E-state index in [4.69, 9.17) is 14.3 Å². The molecule has 4 rings (SSSR count). The molecule has 0 amide bonds. The van der Waals surface area contributed by atoms with Gasteiger partial charge < -0.3 is 14.3 Å². The molecule has 104 valence electrons. The van der Waals surface area contributed by atoms with Crippen LogP contribution < -0.4 is 0 Å². The van der Waals surface area contributed by atoms with Crippen LogP contribution in [0.2, 0.25) is 0 Å². The molecule has 2 aromatic rings.